The average molecular weight is 822 g/mol. The van der Waals surface area contributed by atoms with E-state index in [0.29, 0.717) is 24.0 Å². The summed E-state index contributed by atoms with van der Waals surface area (Å²) in [6.07, 6.45) is 6.63. The van der Waals surface area contributed by atoms with Crippen molar-refractivity contribution in [2.24, 2.45) is 0 Å². The predicted molar refractivity (Wildman–Crippen MR) is 200 cm³/mol. The maximum Gasteiger partial charge on any atom is 0.241 e. The molecule has 3 N–H and O–H groups in total. The Labute approximate surface area is 320 Å². The number of carbonyl (C=O) groups is 2. The van der Waals surface area contributed by atoms with Crippen molar-refractivity contribution in [1.29, 1.82) is 0 Å². The topological polar surface area (TPSA) is 155 Å². The zero-order chi connectivity index (χ0) is 39.0. The molecular weight excluding hydrogens is 788 g/mol. The summed E-state index contributed by atoms with van der Waals surface area (Å²) in [4.78, 5) is 24.6. The van der Waals surface area contributed by atoms with Crippen molar-refractivity contribution in [3.8, 4) is 22.3 Å². The molecule has 284 valence electrons. The first-order valence-electron chi connectivity index (χ1n) is 16.5. The van der Waals surface area contributed by atoms with Crippen molar-refractivity contribution in [3.05, 3.63) is 130 Å². The molecule has 1 aliphatic rings. The second kappa shape index (κ2) is 17.8. The van der Waals surface area contributed by atoms with Crippen LogP contribution in [0.25, 0.3) is 22.3 Å². The van der Waals surface area contributed by atoms with Crippen LogP contribution in [0, 0.1) is 17.5 Å². The van der Waals surface area contributed by atoms with Gasteiger partial charge in [-0.05, 0) is 66.4 Å². The van der Waals surface area contributed by atoms with E-state index in [1.807, 2.05) is 35.1 Å². The number of hydrogen-bond acceptors (Lipinski definition) is 7. The van der Waals surface area contributed by atoms with Crippen LogP contribution in [0.3, 0.4) is 0 Å². The lowest BCUT2D eigenvalue weighted by Crippen LogP contribution is -2.38. The number of benzene rings is 4. The first-order chi connectivity index (χ1) is 25.7. The summed E-state index contributed by atoms with van der Waals surface area (Å²) in [5, 5.41) is 5.70. The number of nitrogens with one attached hydrogen (secondary N) is 3. The van der Waals surface area contributed by atoms with E-state index >= 15 is 0 Å². The minimum atomic E-state index is -4.08. The van der Waals surface area contributed by atoms with Crippen LogP contribution in [0.2, 0.25) is 10.0 Å². The molecule has 0 atom stereocenters. The third kappa shape index (κ3) is 10.0. The summed E-state index contributed by atoms with van der Waals surface area (Å²) in [6, 6.07) is 19.5. The van der Waals surface area contributed by atoms with Gasteiger partial charge in [0, 0.05) is 22.3 Å². The van der Waals surface area contributed by atoms with Gasteiger partial charge in [-0.3, -0.25) is 14.7 Å². The Balaban J connectivity index is 0.000000208. The molecule has 0 spiro atoms. The Hall–Kier alpha value is -4.38. The number of H-pyrrole nitrogens is 1. The first-order valence-corrected chi connectivity index (χ1v) is 20.3. The molecule has 1 fully saturated rings. The van der Waals surface area contributed by atoms with E-state index < -0.39 is 73.0 Å². The summed E-state index contributed by atoms with van der Waals surface area (Å²) in [7, 11) is -7.68. The zero-order valence-corrected chi connectivity index (χ0v) is 31.4. The number of aromatic nitrogens is 2. The largest absolute Gasteiger partial charge is 0.293 e. The van der Waals surface area contributed by atoms with E-state index in [0.717, 1.165) is 30.9 Å². The van der Waals surface area contributed by atoms with Crippen LogP contribution in [0.15, 0.2) is 96.2 Å². The van der Waals surface area contributed by atoms with Crippen molar-refractivity contribution < 1.29 is 39.6 Å². The molecule has 17 heteroatoms. The van der Waals surface area contributed by atoms with Gasteiger partial charge in [-0.15, -0.1) is 0 Å². The highest BCUT2D eigenvalue weighted by molar-refractivity contribution is 7.90. The molecule has 1 aliphatic carbocycles. The first kappa shape index (κ1) is 40.8. The van der Waals surface area contributed by atoms with Gasteiger partial charge in [0.05, 0.1) is 45.6 Å². The van der Waals surface area contributed by atoms with Crippen molar-refractivity contribution >= 4 is 54.8 Å². The third-order valence-corrected chi connectivity index (χ3v) is 12.4. The molecule has 4 aromatic carbocycles. The highest BCUT2D eigenvalue weighted by atomic mass is 35.5. The lowest BCUT2D eigenvalue weighted by atomic mass is 10.0. The van der Waals surface area contributed by atoms with Crippen molar-refractivity contribution in [3.63, 3.8) is 0 Å². The molecule has 5 aromatic rings. The number of carbonyl (C=O) groups excluding carboxylic acids is 2. The lowest BCUT2D eigenvalue weighted by molar-refractivity contribution is 0.0983. The number of rotatable bonds is 12. The summed E-state index contributed by atoms with van der Waals surface area (Å²) >= 11 is 11.7. The predicted octanol–water partition coefficient (Wildman–Crippen LogP) is 7.75. The maximum absolute atomic E-state index is 14.6. The zero-order valence-electron chi connectivity index (χ0n) is 28.3. The quantitative estimate of drug-likeness (QED) is 0.109. The van der Waals surface area contributed by atoms with Gasteiger partial charge in [0.1, 0.15) is 11.6 Å². The van der Waals surface area contributed by atoms with Crippen LogP contribution in [0.5, 0.6) is 0 Å². The van der Waals surface area contributed by atoms with E-state index in [-0.39, 0.29) is 26.1 Å². The number of aromatic amines is 1. The lowest BCUT2D eigenvalue weighted by Gasteiger charge is -2.21. The smallest absolute Gasteiger partial charge is 0.241 e. The van der Waals surface area contributed by atoms with Gasteiger partial charge in [-0.1, -0.05) is 78.9 Å². The van der Waals surface area contributed by atoms with Crippen LogP contribution in [-0.2, 0) is 20.0 Å². The normalized spacial score (nSPS) is 13.6. The monoisotopic (exact) mass is 820 g/mol. The van der Waals surface area contributed by atoms with Crippen molar-refractivity contribution in [1.82, 2.24) is 19.6 Å². The number of sulfonamides is 2. The van der Waals surface area contributed by atoms with Crippen molar-refractivity contribution in [2.45, 2.75) is 42.2 Å². The van der Waals surface area contributed by atoms with E-state index in [1.165, 1.54) is 54.9 Å². The van der Waals surface area contributed by atoms with Gasteiger partial charge >= 0.3 is 0 Å². The molecule has 0 saturated heterocycles. The summed E-state index contributed by atoms with van der Waals surface area (Å²) in [5.74, 6) is -4.72. The fourth-order valence-corrected chi connectivity index (χ4v) is 8.76. The molecule has 0 amide bonds. The average Bonchev–Trinajstić information content (AvgIpc) is 3.70. The van der Waals surface area contributed by atoms with Crippen LogP contribution >= 0.6 is 23.2 Å². The van der Waals surface area contributed by atoms with Gasteiger partial charge in [0.25, 0.3) is 0 Å². The number of Topliss-reactive ketones (excluding diaryl/α,β-unsaturated/α-hetero) is 2. The van der Waals surface area contributed by atoms with Gasteiger partial charge in [-0.2, -0.15) is 5.10 Å². The molecular formula is C37H33Cl2F3N4O6S2. The van der Waals surface area contributed by atoms with Gasteiger partial charge in [-0.25, -0.2) is 39.5 Å². The van der Waals surface area contributed by atoms with Crippen molar-refractivity contribution in [2.75, 3.05) is 13.1 Å². The van der Waals surface area contributed by atoms with E-state index in [9.17, 15) is 39.6 Å². The fraction of sp³-hybridized carbons (Fsp3) is 0.216. The van der Waals surface area contributed by atoms with Crippen LogP contribution in [0.4, 0.5) is 13.2 Å². The molecule has 1 heterocycles. The third-order valence-electron chi connectivity index (χ3n) is 8.57. The van der Waals surface area contributed by atoms with Crippen LogP contribution < -0.4 is 9.44 Å². The summed E-state index contributed by atoms with van der Waals surface area (Å²) in [5.41, 5.74) is 0.624. The number of halogens is 5. The Morgan fingerprint density at radius 1 is 0.759 bits per heavy atom. The minimum Gasteiger partial charge on any atom is -0.293 e. The molecule has 1 aromatic heterocycles. The molecule has 0 unspecified atom stereocenters. The number of nitrogens with zero attached hydrogens (tertiary/aromatic N) is 1. The highest BCUT2D eigenvalue weighted by Gasteiger charge is 2.28. The maximum atomic E-state index is 14.6. The Bertz CT molecular complexity index is 2360. The Morgan fingerprint density at radius 2 is 1.46 bits per heavy atom. The Morgan fingerprint density at radius 3 is 2.13 bits per heavy atom. The van der Waals surface area contributed by atoms with E-state index in [4.69, 9.17) is 23.2 Å². The summed E-state index contributed by atoms with van der Waals surface area (Å²) in [6.45, 7) is -1.30. The molecule has 0 bridgehead atoms. The molecule has 54 heavy (non-hydrogen) atoms. The van der Waals surface area contributed by atoms with Crippen LogP contribution in [-0.4, -0.2) is 56.9 Å². The molecule has 1 saturated carbocycles. The highest BCUT2D eigenvalue weighted by Crippen LogP contribution is 2.29. The molecule has 0 radical (unpaired) electrons. The fourth-order valence-electron chi connectivity index (χ4n) is 5.74. The molecule has 10 nitrogen and oxygen atoms in total. The second-order valence-electron chi connectivity index (χ2n) is 12.2. The summed E-state index contributed by atoms with van der Waals surface area (Å²) < 4.78 is 96.6. The number of ketones is 2. The van der Waals surface area contributed by atoms with Gasteiger partial charge in [0.15, 0.2) is 17.4 Å². The van der Waals surface area contributed by atoms with Gasteiger partial charge in [0.2, 0.25) is 20.0 Å². The number of hydrogen-bond donors (Lipinski definition) is 3. The van der Waals surface area contributed by atoms with Crippen LogP contribution in [0.1, 0.15) is 52.8 Å². The van der Waals surface area contributed by atoms with Gasteiger partial charge < -0.3 is 0 Å². The molecule has 0 aliphatic heterocycles. The second-order valence-corrected chi connectivity index (χ2v) is 16.9. The minimum absolute atomic E-state index is 0.0359. The Kier molecular flexibility index (Phi) is 13.5. The van der Waals surface area contributed by atoms with E-state index in [2.05, 4.69) is 14.9 Å². The standard InChI is InChI=1S/C20H21ClFNO3S.C17H12ClF2N3O3S/c21-18-12-15(14-7-3-1-4-8-14)11-17(20(18)22)19(24)13-23-27(25,26)16-9-5-2-6-10-16;18-11-2-1-3-12(6-11)27(25,26)23-9-15(24)16-14(19)5-4-13(17(16)20)10-7-21-22-8-10/h1,3-4,7-8,11-12,16,23H,2,5-6,9-10,13H2;1-8,23H,9H2,(H,21,22). The molecule has 6 rings (SSSR count). The van der Waals surface area contributed by atoms with E-state index in [1.54, 1.807) is 0 Å². The SMILES string of the molecule is O=C(CNS(=O)(=O)C1CCCCC1)c1cc(-c2ccccc2)cc(Cl)c1F.O=C(CNS(=O)(=O)c1cccc(Cl)c1)c1c(F)ccc(-c2cn[nH]c2)c1F.